The van der Waals surface area contributed by atoms with Gasteiger partial charge in [0.15, 0.2) is 49.2 Å². The van der Waals surface area contributed by atoms with E-state index >= 15 is 4.79 Å². The molecule has 4 aliphatic rings. The highest BCUT2D eigenvalue weighted by atomic mass is 31.2. The molecule has 16 unspecified atom stereocenters. The second kappa shape index (κ2) is 58.2. The van der Waals surface area contributed by atoms with Crippen LogP contribution in [0.1, 0.15) is 154 Å². The molecule has 1 saturated carbocycles. The quantitative estimate of drug-likeness (QED) is 0.0146. The van der Waals surface area contributed by atoms with Gasteiger partial charge in [-0.2, -0.15) is 5.26 Å². The molecule has 7 amide bonds. The number of esters is 9. The van der Waals surface area contributed by atoms with Gasteiger partial charge in [-0.15, -0.1) is 0 Å². The van der Waals surface area contributed by atoms with Crippen LogP contribution in [0.2, 0.25) is 0 Å². The van der Waals surface area contributed by atoms with Crippen molar-refractivity contribution in [3.05, 3.63) is 35.4 Å². The van der Waals surface area contributed by atoms with Crippen molar-refractivity contribution in [2.75, 3.05) is 125 Å². The fraction of sp³-hybridized carbons (Fsp3) is 0.726. The molecule has 736 valence electrons. The largest absolute Gasteiger partial charge is 0.463 e. The Morgan fingerprint density at radius 3 is 1.34 bits per heavy atom. The average molecular weight is 1890 g/mol. The summed E-state index contributed by atoms with van der Waals surface area (Å²) in [7, 11) is -1.49. The second-order valence-electron chi connectivity index (χ2n) is 31.5. The second-order valence-corrected chi connectivity index (χ2v) is 32.9. The molecule has 5 rings (SSSR count). The van der Waals surface area contributed by atoms with Crippen LogP contribution in [-0.4, -0.2) is 339 Å². The molecule has 131 heavy (non-hydrogen) atoms. The highest BCUT2D eigenvalue weighted by Gasteiger charge is 2.58. The molecule has 0 spiro atoms. The Labute approximate surface area is 761 Å². The predicted molar refractivity (Wildman–Crippen MR) is 451 cm³/mol. The smallest absolute Gasteiger partial charge is 0.303 e. The Kier molecular flexibility index (Phi) is 49.6. The average Bonchev–Trinajstić information content (AvgIpc) is 0.769. The molecule has 3 aliphatic heterocycles. The number of benzene rings is 1. The van der Waals surface area contributed by atoms with Crippen LogP contribution in [0.3, 0.4) is 0 Å². The van der Waals surface area contributed by atoms with Crippen molar-refractivity contribution >= 4 is 104 Å². The van der Waals surface area contributed by atoms with Crippen molar-refractivity contribution in [1.82, 2.24) is 46.8 Å². The van der Waals surface area contributed by atoms with Gasteiger partial charge in [0.25, 0.3) is 8.53 Å². The Morgan fingerprint density at radius 1 is 0.481 bits per heavy atom. The molecule has 1 aromatic carbocycles. The number of nitrogens with zero attached hydrogens (tertiary/aromatic N) is 3. The van der Waals surface area contributed by atoms with Gasteiger partial charge in [-0.3, -0.25) is 81.6 Å². The number of ether oxygens (including phenoxy) is 18. The summed E-state index contributed by atoms with van der Waals surface area (Å²) in [6.45, 7) is 16.0. The lowest BCUT2D eigenvalue weighted by molar-refractivity contribution is -0.279. The zero-order valence-electron chi connectivity index (χ0n) is 77.1. The highest BCUT2D eigenvalue weighted by molar-refractivity contribution is 7.44. The van der Waals surface area contributed by atoms with Crippen LogP contribution < -0.4 is 37.2 Å². The summed E-state index contributed by atoms with van der Waals surface area (Å²) < 4.78 is 117. The number of amides is 7. The van der Waals surface area contributed by atoms with Crippen molar-refractivity contribution in [3.8, 4) is 6.07 Å². The summed E-state index contributed by atoms with van der Waals surface area (Å²) in [5.74, 6) is -11.7. The van der Waals surface area contributed by atoms with E-state index in [9.17, 15) is 77.2 Å². The van der Waals surface area contributed by atoms with Crippen molar-refractivity contribution in [3.63, 3.8) is 0 Å². The van der Waals surface area contributed by atoms with Crippen LogP contribution in [0.5, 0.6) is 0 Å². The number of carbonyl (C=O) groups is 16. The lowest BCUT2D eigenvalue weighted by atomic mass is 9.87. The Morgan fingerprint density at radius 2 is 0.908 bits per heavy atom. The number of hydrogen-bond acceptors (Lipinski definition) is 39. The molecule has 3 heterocycles. The maximum absolute atomic E-state index is 15.0. The van der Waals surface area contributed by atoms with Gasteiger partial charge in [0.2, 0.25) is 47.1 Å². The Hall–Kier alpha value is -9.86. The van der Waals surface area contributed by atoms with Crippen LogP contribution in [0.4, 0.5) is 0 Å². The van der Waals surface area contributed by atoms with Gasteiger partial charge in [-0.1, -0.05) is 24.3 Å². The molecule has 46 nitrogen and oxygen atoms in total. The number of rotatable bonds is 55. The maximum Gasteiger partial charge on any atom is 0.303 e. The van der Waals surface area contributed by atoms with E-state index in [4.69, 9.17) is 94.3 Å². The predicted octanol–water partition coefficient (Wildman–Crippen LogP) is -0.215. The van der Waals surface area contributed by atoms with Crippen molar-refractivity contribution in [2.24, 2.45) is 5.92 Å². The molecule has 3 saturated heterocycles. The number of nitriles is 1. The molecule has 4 fully saturated rings. The van der Waals surface area contributed by atoms with Gasteiger partial charge < -0.3 is 132 Å². The van der Waals surface area contributed by atoms with Crippen LogP contribution in [0, 0.1) is 17.2 Å². The molecule has 1 aromatic rings. The summed E-state index contributed by atoms with van der Waals surface area (Å²) in [5.41, 5.74) is -0.797. The first-order valence-corrected chi connectivity index (χ1v) is 44.2. The Bertz CT molecular complexity index is 3940. The van der Waals surface area contributed by atoms with Gasteiger partial charge in [-0.05, 0) is 70.9 Å². The monoisotopic (exact) mass is 1880 g/mol. The first-order chi connectivity index (χ1) is 62.1. The van der Waals surface area contributed by atoms with E-state index in [0.29, 0.717) is 36.8 Å². The summed E-state index contributed by atoms with van der Waals surface area (Å²) in [5, 5.41) is 28.4. The van der Waals surface area contributed by atoms with Crippen LogP contribution in [0.25, 0.3) is 0 Å². The van der Waals surface area contributed by atoms with Crippen molar-refractivity contribution in [2.45, 2.75) is 265 Å². The lowest BCUT2D eigenvalue weighted by Gasteiger charge is -2.48. The molecule has 0 aromatic heterocycles. The highest BCUT2D eigenvalue weighted by Crippen LogP contribution is 2.49. The third-order valence-electron chi connectivity index (χ3n) is 19.8. The van der Waals surface area contributed by atoms with Crippen molar-refractivity contribution in [1.29, 1.82) is 5.26 Å². The summed E-state index contributed by atoms with van der Waals surface area (Å²) in [6, 6.07) is 5.31. The van der Waals surface area contributed by atoms with E-state index in [1.54, 1.807) is 24.3 Å². The molecule has 16 atom stereocenters. The van der Waals surface area contributed by atoms with Gasteiger partial charge in [0.05, 0.1) is 110 Å². The third kappa shape index (κ3) is 40.6. The fourth-order valence-electron chi connectivity index (χ4n) is 14.6. The van der Waals surface area contributed by atoms with E-state index in [1.165, 1.54) is 18.7 Å². The third-order valence-corrected chi connectivity index (χ3v) is 22.0. The topological polar surface area (TPSA) is 572 Å². The minimum Gasteiger partial charge on any atom is -0.463 e. The number of nitrogens with one attached hydrogen (secondary N) is 7. The number of hydrogen-bond donors (Lipinski definition) is 7. The summed E-state index contributed by atoms with van der Waals surface area (Å²) in [6.07, 6.45) is -13.1. The molecule has 0 radical (unpaired) electrons. The summed E-state index contributed by atoms with van der Waals surface area (Å²) >= 11 is 0. The van der Waals surface area contributed by atoms with Crippen LogP contribution >= 0.6 is 8.53 Å². The zero-order chi connectivity index (χ0) is 97.0. The standard InChI is InChI=1S/C84H129N10O36P/c1-48(2)94(49(3)4)131(121-30-17-26-85)130-65-24-22-64(23-25-65)80(109)89-41-63-20-18-62(19-21-63)40-66(81(110)88-29-33-112-35-38-115-83-73(91-51(6)96)78(126-60(15)105)75(123-57(12)102)69(129-83)46-118-55(10)100)93(42-70(107)86-27-31-111-34-37-114-82-72(90-50(5)95)77(125-59(14)104)74(122-56(11)101)68(128-82)45-117-54(9)99)43-71(108)87-28-32-113-36-39-120-84(92-52(7)97)47-119-67(44-116-53(8)98)76(124-58(13)103)79(84)127-61(16)106/h18-21,48-49,64-69,72-79,82-83H,17,22-25,27-47H2,1-16H3,(H,86,107)(H,87,108)(H,88,110)(H,89,109)(H,90,95)(H,91,96)(H,92,97)/t64-,65+,66?,67?,68?,69?,72?,73?,74?,75?,76?,77?,78?,79?,82?,83?,84?,131?. The molecule has 47 heteroatoms. The van der Waals surface area contributed by atoms with Gasteiger partial charge in [-0.25, -0.2) is 4.67 Å². The molecule has 7 N–H and O–H groups in total. The molecule has 1 aliphatic carbocycles. The normalized spacial score (nSPS) is 23.9. The molecular formula is C84H129N10O36P. The zero-order valence-corrected chi connectivity index (χ0v) is 78.0. The van der Waals surface area contributed by atoms with E-state index in [2.05, 4.69) is 75.7 Å². The van der Waals surface area contributed by atoms with Crippen molar-refractivity contribution < 1.29 is 171 Å². The van der Waals surface area contributed by atoms with Gasteiger partial charge in [0, 0.05) is 127 Å². The number of carbonyl (C=O) groups excluding carboxylic acids is 16. The maximum atomic E-state index is 15.0. The van der Waals surface area contributed by atoms with E-state index in [1.807, 2.05) is 0 Å². The van der Waals surface area contributed by atoms with E-state index in [-0.39, 0.29) is 135 Å². The van der Waals surface area contributed by atoms with E-state index < -0.39 is 229 Å². The first-order valence-electron chi connectivity index (χ1n) is 43.1. The van der Waals surface area contributed by atoms with Gasteiger partial charge >= 0.3 is 53.7 Å². The molecular weight excluding hydrogens is 1760 g/mol. The van der Waals surface area contributed by atoms with Crippen LogP contribution in [-0.2, 0) is 184 Å². The van der Waals surface area contributed by atoms with Gasteiger partial charge in [0.1, 0.15) is 50.2 Å². The first kappa shape index (κ1) is 112. The van der Waals surface area contributed by atoms with Crippen LogP contribution in [0.15, 0.2) is 24.3 Å². The van der Waals surface area contributed by atoms with E-state index in [0.717, 1.165) is 69.2 Å². The minimum atomic E-state index is -2.01. The summed E-state index contributed by atoms with van der Waals surface area (Å²) in [4.78, 5) is 207. The molecule has 0 bridgehead atoms. The fourth-order valence-corrected chi connectivity index (χ4v) is 16.4. The minimum absolute atomic E-state index is 0.100. The Balaban J connectivity index is 1.40. The lowest BCUT2D eigenvalue weighted by Crippen LogP contribution is -2.72. The SMILES string of the molecule is CC(=O)NC1C(OCCOCCNC(=O)CN(CC(=O)NCCOCCOC2(NC(C)=O)COC(COC(C)=O)C(OC(C)=O)C2OC(C)=O)C(Cc2ccc(CNC(=O)[C@H]3CC[C@@H](OP(OCCC#N)N(C(C)C)C(C)C)CC3)cc2)C(=O)NCCOCCOC2OC(COC(C)=O)C(OC(C)=O)C(OC(C)=O)C2NC(C)=O)OC(COC(C)=O)C(OC(C)=O)C1OC(C)=O.